The van der Waals surface area contributed by atoms with Gasteiger partial charge in [-0.05, 0) is 55.8 Å². The van der Waals surface area contributed by atoms with Crippen molar-refractivity contribution < 1.29 is 17.9 Å². The van der Waals surface area contributed by atoms with Crippen molar-refractivity contribution in [1.29, 1.82) is 0 Å². The van der Waals surface area contributed by atoms with Gasteiger partial charge >= 0.3 is 6.18 Å². The highest BCUT2D eigenvalue weighted by atomic mass is 19.4. The fourth-order valence-corrected chi connectivity index (χ4v) is 3.08. The summed E-state index contributed by atoms with van der Waals surface area (Å²) in [4.78, 5) is 8.63. The highest BCUT2D eigenvalue weighted by Gasteiger charge is 2.37. The van der Waals surface area contributed by atoms with E-state index in [4.69, 9.17) is 4.74 Å². The zero-order chi connectivity index (χ0) is 18.8. The maximum Gasteiger partial charge on any atom is 0.422 e. The molecule has 1 fully saturated rings. The van der Waals surface area contributed by atoms with E-state index < -0.39 is 12.8 Å². The van der Waals surface area contributed by atoms with Crippen LogP contribution in [0.4, 0.5) is 18.9 Å². The van der Waals surface area contributed by atoms with E-state index in [9.17, 15) is 13.2 Å². The largest absolute Gasteiger partial charge is 0.484 e. The Kier molecular flexibility index (Phi) is 5.09. The number of halogens is 3. The number of hydrogen-bond donors (Lipinski definition) is 0. The van der Waals surface area contributed by atoms with Gasteiger partial charge in [-0.1, -0.05) is 0 Å². The third-order valence-corrected chi connectivity index (χ3v) is 4.50. The topological polar surface area (TPSA) is 28.6 Å². The Morgan fingerprint density at radius 1 is 1.08 bits per heavy atom. The number of nitrogens with zero attached hydrogens (tertiary/aromatic N) is 3. The predicted octanol–water partition coefficient (Wildman–Crippen LogP) is 4.08. The zero-order valence-corrected chi connectivity index (χ0v) is 14.8. The second-order valence-corrected chi connectivity index (χ2v) is 7.10. The van der Waals surface area contributed by atoms with Crippen molar-refractivity contribution in [3.63, 3.8) is 0 Å². The molecule has 0 N–H and O–H groups in total. The molecule has 0 spiro atoms. The molecule has 4 nitrogen and oxygen atoms in total. The lowest BCUT2D eigenvalue weighted by Gasteiger charge is -2.29. The Morgan fingerprint density at radius 3 is 2.35 bits per heavy atom. The molecule has 3 rings (SSSR count). The molecule has 2 heterocycles. The quantitative estimate of drug-likeness (QED) is 0.798. The van der Waals surface area contributed by atoms with Crippen LogP contribution in [-0.2, 0) is 6.54 Å². The first-order valence-corrected chi connectivity index (χ1v) is 8.41. The number of benzene rings is 1. The summed E-state index contributed by atoms with van der Waals surface area (Å²) in [5, 5.41) is 0. The maximum absolute atomic E-state index is 12.2. The minimum Gasteiger partial charge on any atom is -0.484 e. The lowest BCUT2D eigenvalue weighted by molar-refractivity contribution is -0.153. The second kappa shape index (κ2) is 7.15. The summed E-state index contributed by atoms with van der Waals surface area (Å²) < 4.78 is 41.5. The van der Waals surface area contributed by atoms with Gasteiger partial charge in [-0.25, -0.2) is 0 Å². The van der Waals surface area contributed by atoms with Crippen LogP contribution in [0, 0.1) is 0 Å². The molecule has 1 aromatic heterocycles. The summed E-state index contributed by atoms with van der Waals surface area (Å²) in [6, 6.07) is 10.8. The van der Waals surface area contributed by atoms with Gasteiger partial charge in [0.15, 0.2) is 6.61 Å². The Balaban J connectivity index is 1.65. The van der Waals surface area contributed by atoms with Gasteiger partial charge in [0.25, 0.3) is 0 Å². The fourth-order valence-electron chi connectivity index (χ4n) is 3.08. The van der Waals surface area contributed by atoms with Crippen molar-refractivity contribution in [2.24, 2.45) is 0 Å². The molecule has 1 saturated heterocycles. The molecule has 0 aliphatic carbocycles. The van der Waals surface area contributed by atoms with Crippen molar-refractivity contribution in [3.8, 4) is 5.75 Å². The Bertz CT molecular complexity index is 717. The molecule has 0 unspecified atom stereocenters. The van der Waals surface area contributed by atoms with Crippen LogP contribution < -0.4 is 9.64 Å². The van der Waals surface area contributed by atoms with Crippen LogP contribution in [0.25, 0.3) is 0 Å². The molecule has 0 radical (unpaired) electrons. The Morgan fingerprint density at radius 2 is 1.73 bits per heavy atom. The molecule has 0 bridgehead atoms. The van der Waals surface area contributed by atoms with Crippen molar-refractivity contribution in [2.45, 2.75) is 32.1 Å². The van der Waals surface area contributed by atoms with E-state index in [0.717, 1.165) is 25.4 Å². The zero-order valence-electron chi connectivity index (χ0n) is 14.8. The predicted molar refractivity (Wildman–Crippen MR) is 94.1 cm³/mol. The van der Waals surface area contributed by atoms with Crippen molar-refractivity contribution in [1.82, 2.24) is 9.88 Å². The normalized spacial score (nSPS) is 17.5. The first kappa shape index (κ1) is 18.5. The van der Waals surface area contributed by atoms with Gasteiger partial charge in [0.05, 0.1) is 6.67 Å². The van der Waals surface area contributed by atoms with Crippen LogP contribution in [0.1, 0.15) is 19.4 Å². The average Bonchev–Trinajstić information content (AvgIpc) is 2.88. The molecule has 1 aliphatic heterocycles. The third-order valence-electron chi connectivity index (χ3n) is 4.50. The molecule has 0 amide bonds. The molecule has 7 heteroatoms. The van der Waals surface area contributed by atoms with E-state index >= 15 is 0 Å². The number of pyridine rings is 1. The van der Waals surface area contributed by atoms with Crippen LogP contribution in [0.5, 0.6) is 5.75 Å². The van der Waals surface area contributed by atoms with E-state index in [2.05, 4.69) is 28.6 Å². The van der Waals surface area contributed by atoms with E-state index in [0.29, 0.717) is 0 Å². The molecule has 1 aromatic carbocycles. The molecule has 140 valence electrons. The molecule has 1 aliphatic rings. The Labute approximate surface area is 151 Å². The number of ether oxygens (including phenoxy) is 1. The fraction of sp³-hybridized carbons (Fsp3) is 0.421. The summed E-state index contributed by atoms with van der Waals surface area (Å²) in [7, 11) is 0. The Hall–Kier alpha value is -2.28. The van der Waals surface area contributed by atoms with Crippen molar-refractivity contribution in [3.05, 3.63) is 54.4 Å². The van der Waals surface area contributed by atoms with Crippen LogP contribution in [0.15, 0.2) is 48.8 Å². The lowest BCUT2D eigenvalue weighted by atomic mass is 10.0. The SMILES string of the molecule is CC1(C)CN(c2ccc(OCC(F)(F)F)cc2)CN1Cc1ccncc1. The minimum absolute atomic E-state index is 0.0191. The minimum atomic E-state index is -4.33. The summed E-state index contributed by atoms with van der Waals surface area (Å²) in [6.07, 6.45) is -0.753. The molecular formula is C19H22F3N3O. The highest BCUT2D eigenvalue weighted by molar-refractivity contribution is 5.50. The second-order valence-electron chi connectivity index (χ2n) is 7.10. The van der Waals surface area contributed by atoms with Gasteiger partial charge in [-0.2, -0.15) is 13.2 Å². The highest BCUT2D eigenvalue weighted by Crippen LogP contribution is 2.31. The van der Waals surface area contributed by atoms with Gasteiger partial charge in [-0.15, -0.1) is 0 Å². The maximum atomic E-state index is 12.2. The van der Waals surface area contributed by atoms with E-state index in [1.165, 1.54) is 5.56 Å². The van der Waals surface area contributed by atoms with Gasteiger partial charge < -0.3 is 9.64 Å². The molecular weight excluding hydrogens is 343 g/mol. The lowest BCUT2D eigenvalue weighted by Crippen LogP contribution is -2.39. The van der Waals surface area contributed by atoms with Crippen LogP contribution in [0.2, 0.25) is 0 Å². The first-order chi connectivity index (χ1) is 12.2. The summed E-state index contributed by atoms with van der Waals surface area (Å²) >= 11 is 0. The number of anilines is 1. The number of rotatable bonds is 5. The molecule has 26 heavy (non-hydrogen) atoms. The number of hydrogen-bond acceptors (Lipinski definition) is 4. The smallest absolute Gasteiger partial charge is 0.422 e. The summed E-state index contributed by atoms with van der Waals surface area (Å²) in [5.41, 5.74) is 2.15. The monoisotopic (exact) mass is 365 g/mol. The third kappa shape index (κ3) is 4.66. The van der Waals surface area contributed by atoms with Gasteiger partial charge in [0.1, 0.15) is 5.75 Å². The van der Waals surface area contributed by atoms with E-state index in [1.807, 2.05) is 12.1 Å². The van der Waals surface area contributed by atoms with Crippen LogP contribution in [-0.4, -0.2) is 41.4 Å². The van der Waals surface area contributed by atoms with Crippen molar-refractivity contribution in [2.75, 3.05) is 24.7 Å². The van der Waals surface area contributed by atoms with Crippen LogP contribution >= 0.6 is 0 Å². The van der Waals surface area contributed by atoms with Gasteiger partial charge in [0.2, 0.25) is 0 Å². The summed E-state index contributed by atoms with van der Waals surface area (Å²) in [5.74, 6) is 0.221. The first-order valence-electron chi connectivity index (χ1n) is 8.41. The molecule has 2 aromatic rings. The average molecular weight is 365 g/mol. The summed E-state index contributed by atoms with van der Waals surface area (Å²) in [6.45, 7) is 5.50. The number of alkyl halides is 3. The van der Waals surface area contributed by atoms with Gasteiger partial charge in [-0.3, -0.25) is 9.88 Å². The molecule has 0 saturated carbocycles. The van der Waals surface area contributed by atoms with E-state index in [-0.39, 0.29) is 11.3 Å². The van der Waals surface area contributed by atoms with Crippen LogP contribution in [0.3, 0.4) is 0 Å². The van der Waals surface area contributed by atoms with Crippen molar-refractivity contribution >= 4 is 5.69 Å². The number of aromatic nitrogens is 1. The molecule has 0 atom stereocenters. The standard InChI is InChI=1S/C19H22F3N3O/c1-18(2)12-24(14-25(18)11-15-7-9-23-10-8-15)16-3-5-17(6-4-16)26-13-19(20,21)22/h3-10H,11-14H2,1-2H3. The van der Waals surface area contributed by atoms with Gasteiger partial charge in [0, 0.05) is 36.7 Å². The van der Waals surface area contributed by atoms with E-state index in [1.54, 1.807) is 36.7 Å².